The second-order valence-corrected chi connectivity index (χ2v) is 4.17. The minimum absolute atomic E-state index is 0.423. The van der Waals surface area contributed by atoms with Crippen LogP contribution in [0.1, 0.15) is 5.56 Å². The van der Waals surface area contributed by atoms with Gasteiger partial charge in [-0.25, -0.2) is 14.6 Å². The molecule has 0 aromatic carbocycles. The van der Waals surface area contributed by atoms with E-state index in [4.69, 9.17) is 17.3 Å². The van der Waals surface area contributed by atoms with E-state index in [0.29, 0.717) is 23.0 Å². The Balaban J connectivity index is 2.06. The predicted octanol–water partition coefficient (Wildman–Crippen LogP) is 1.51. The third-order valence-corrected chi connectivity index (χ3v) is 2.98. The van der Waals surface area contributed by atoms with Crippen molar-refractivity contribution in [2.75, 3.05) is 5.73 Å². The molecule has 0 spiro atoms. The molecule has 0 aliphatic rings. The second kappa shape index (κ2) is 4.23. The third-order valence-electron chi connectivity index (χ3n) is 2.64. The minimum Gasteiger partial charge on any atom is -0.383 e. The maximum Gasteiger partial charge on any atom is 0.163 e. The van der Waals surface area contributed by atoms with E-state index in [1.54, 1.807) is 23.3 Å². The number of rotatable bonds is 2. The van der Waals surface area contributed by atoms with Crippen molar-refractivity contribution in [3.8, 4) is 0 Å². The monoisotopic (exact) mass is 260 g/mol. The molecule has 90 valence electrons. The van der Waals surface area contributed by atoms with Crippen LogP contribution in [0.3, 0.4) is 0 Å². The van der Waals surface area contributed by atoms with Gasteiger partial charge >= 0.3 is 0 Å². The summed E-state index contributed by atoms with van der Waals surface area (Å²) < 4.78 is 1.73. The average Bonchev–Trinajstić information content (AvgIpc) is 2.77. The molecule has 0 aliphatic carbocycles. The minimum atomic E-state index is 0.423. The van der Waals surface area contributed by atoms with Crippen molar-refractivity contribution in [3.63, 3.8) is 0 Å². The summed E-state index contributed by atoms with van der Waals surface area (Å²) in [4.78, 5) is 12.0. The Morgan fingerprint density at radius 2 is 2.17 bits per heavy atom. The van der Waals surface area contributed by atoms with Crippen LogP contribution < -0.4 is 5.73 Å². The van der Waals surface area contributed by atoms with Crippen molar-refractivity contribution in [3.05, 3.63) is 41.6 Å². The predicted molar refractivity (Wildman–Crippen MR) is 68.1 cm³/mol. The molecule has 0 radical (unpaired) electrons. The Bertz CT molecular complexity index is 708. The van der Waals surface area contributed by atoms with Crippen molar-refractivity contribution in [1.29, 1.82) is 0 Å². The fourth-order valence-corrected chi connectivity index (χ4v) is 1.90. The fraction of sp³-hybridized carbons (Fsp3) is 0.0909. The van der Waals surface area contributed by atoms with Gasteiger partial charge in [-0.2, -0.15) is 5.10 Å². The van der Waals surface area contributed by atoms with Crippen LogP contribution in [0.25, 0.3) is 11.0 Å². The Hall–Kier alpha value is -2.21. The zero-order valence-corrected chi connectivity index (χ0v) is 10.0. The molecule has 0 aliphatic heterocycles. The van der Waals surface area contributed by atoms with Crippen LogP contribution in [-0.2, 0) is 6.54 Å². The first-order valence-electron chi connectivity index (χ1n) is 5.26. The molecule has 0 bridgehead atoms. The van der Waals surface area contributed by atoms with Gasteiger partial charge in [0, 0.05) is 12.4 Å². The zero-order chi connectivity index (χ0) is 12.5. The second-order valence-electron chi connectivity index (χ2n) is 3.77. The number of nitrogens with two attached hydrogens (primary N) is 1. The van der Waals surface area contributed by atoms with Gasteiger partial charge in [-0.05, 0) is 11.6 Å². The average molecular weight is 261 g/mol. The standard InChI is InChI=1S/C11H9ClN6/c12-9-4-14-2-1-7(9)5-18-11-8(3-17-18)10(13)15-6-16-11/h1-4,6H,5H2,(H2,13,15,16). The molecule has 7 heteroatoms. The summed E-state index contributed by atoms with van der Waals surface area (Å²) in [5.41, 5.74) is 7.37. The van der Waals surface area contributed by atoms with Crippen LogP contribution in [0.4, 0.5) is 5.82 Å². The number of halogens is 1. The third kappa shape index (κ3) is 1.76. The summed E-state index contributed by atoms with van der Waals surface area (Å²) in [6.45, 7) is 0.515. The molecule has 3 heterocycles. The number of hydrogen-bond acceptors (Lipinski definition) is 5. The van der Waals surface area contributed by atoms with Gasteiger partial charge in [-0.1, -0.05) is 11.6 Å². The van der Waals surface area contributed by atoms with Gasteiger partial charge in [0.2, 0.25) is 0 Å². The van der Waals surface area contributed by atoms with Crippen LogP contribution in [0.2, 0.25) is 5.02 Å². The van der Waals surface area contributed by atoms with Crippen LogP contribution in [0.15, 0.2) is 31.0 Å². The Labute approximate surface area is 107 Å². The number of fused-ring (bicyclic) bond motifs is 1. The quantitative estimate of drug-likeness (QED) is 0.755. The molecule has 3 aromatic heterocycles. The molecular weight excluding hydrogens is 252 g/mol. The highest BCUT2D eigenvalue weighted by Crippen LogP contribution is 2.19. The van der Waals surface area contributed by atoms with Crippen molar-refractivity contribution < 1.29 is 0 Å². The largest absolute Gasteiger partial charge is 0.383 e. The van der Waals surface area contributed by atoms with E-state index in [9.17, 15) is 0 Å². The van der Waals surface area contributed by atoms with E-state index in [1.807, 2.05) is 6.07 Å². The van der Waals surface area contributed by atoms with E-state index >= 15 is 0 Å². The van der Waals surface area contributed by atoms with Crippen LogP contribution in [-0.4, -0.2) is 24.7 Å². The van der Waals surface area contributed by atoms with Gasteiger partial charge < -0.3 is 5.73 Å². The maximum atomic E-state index is 6.06. The van der Waals surface area contributed by atoms with E-state index in [1.165, 1.54) is 6.33 Å². The number of hydrogen-bond donors (Lipinski definition) is 1. The molecule has 6 nitrogen and oxygen atoms in total. The summed E-state index contributed by atoms with van der Waals surface area (Å²) in [6, 6.07) is 1.85. The van der Waals surface area contributed by atoms with Crippen molar-refractivity contribution >= 4 is 28.5 Å². The molecule has 0 saturated carbocycles. The summed E-state index contributed by atoms with van der Waals surface area (Å²) in [6.07, 6.45) is 6.37. The van der Waals surface area contributed by atoms with Crippen molar-refractivity contribution in [1.82, 2.24) is 24.7 Å². The number of pyridine rings is 1. The topological polar surface area (TPSA) is 82.5 Å². The van der Waals surface area contributed by atoms with Gasteiger partial charge in [0.1, 0.15) is 12.1 Å². The van der Waals surface area contributed by atoms with Gasteiger partial charge in [-0.15, -0.1) is 0 Å². The van der Waals surface area contributed by atoms with Gasteiger partial charge in [0.05, 0.1) is 23.2 Å². The number of nitrogen functional groups attached to an aromatic ring is 1. The lowest BCUT2D eigenvalue weighted by Crippen LogP contribution is -2.04. The number of anilines is 1. The highest BCUT2D eigenvalue weighted by molar-refractivity contribution is 6.31. The van der Waals surface area contributed by atoms with Crippen molar-refractivity contribution in [2.45, 2.75) is 6.54 Å². The molecule has 0 unspecified atom stereocenters. The lowest BCUT2D eigenvalue weighted by Gasteiger charge is -2.04. The van der Waals surface area contributed by atoms with Crippen LogP contribution >= 0.6 is 11.6 Å². The molecular formula is C11H9ClN6. The summed E-state index contributed by atoms with van der Waals surface area (Å²) >= 11 is 6.06. The fourth-order valence-electron chi connectivity index (χ4n) is 1.72. The maximum absolute atomic E-state index is 6.06. The molecule has 0 amide bonds. The SMILES string of the molecule is Nc1ncnc2c1cnn2Cc1ccncc1Cl. The van der Waals surface area contributed by atoms with E-state index in [-0.39, 0.29) is 0 Å². The Morgan fingerprint density at radius 3 is 3.00 bits per heavy atom. The zero-order valence-electron chi connectivity index (χ0n) is 9.29. The van der Waals surface area contributed by atoms with E-state index in [0.717, 1.165) is 10.9 Å². The summed E-state index contributed by atoms with van der Waals surface area (Å²) in [5.74, 6) is 0.423. The van der Waals surface area contributed by atoms with Gasteiger partial charge in [0.15, 0.2) is 5.65 Å². The highest BCUT2D eigenvalue weighted by atomic mass is 35.5. The van der Waals surface area contributed by atoms with E-state index < -0.39 is 0 Å². The van der Waals surface area contributed by atoms with Crippen molar-refractivity contribution in [2.24, 2.45) is 0 Å². The lowest BCUT2D eigenvalue weighted by atomic mass is 10.3. The normalized spacial score (nSPS) is 10.9. The molecule has 2 N–H and O–H groups in total. The van der Waals surface area contributed by atoms with Crippen LogP contribution in [0, 0.1) is 0 Å². The first-order valence-corrected chi connectivity index (χ1v) is 5.64. The molecule has 18 heavy (non-hydrogen) atoms. The summed E-state index contributed by atoms with van der Waals surface area (Å²) in [5, 5.41) is 5.59. The number of aromatic nitrogens is 5. The Morgan fingerprint density at radius 1 is 1.28 bits per heavy atom. The highest BCUT2D eigenvalue weighted by Gasteiger charge is 2.09. The number of nitrogens with zero attached hydrogens (tertiary/aromatic N) is 5. The van der Waals surface area contributed by atoms with Gasteiger partial charge in [0.25, 0.3) is 0 Å². The molecule has 0 saturated heterocycles. The smallest absolute Gasteiger partial charge is 0.163 e. The molecule has 3 aromatic rings. The molecule has 3 rings (SSSR count). The molecule has 0 atom stereocenters. The van der Waals surface area contributed by atoms with Crippen LogP contribution in [0.5, 0.6) is 0 Å². The van der Waals surface area contributed by atoms with E-state index in [2.05, 4.69) is 20.1 Å². The summed E-state index contributed by atoms with van der Waals surface area (Å²) in [7, 11) is 0. The first-order chi connectivity index (χ1) is 8.75. The first kappa shape index (κ1) is 10.9. The molecule has 0 fully saturated rings. The van der Waals surface area contributed by atoms with Gasteiger partial charge in [-0.3, -0.25) is 4.98 Å². The Kier molecular flexibility index (Phi) is 2.56. The lowest BCUT2D eigenvalue weighted by molar-refractivity contribution is 0.703.